The summed E-state index contributed by atoms with van der Waals surface area (Å²) in [6.45, 7) is 2.77. The Morgan fingerprint density at radius 1 is 1.17 bits per heavy atom. The Hall–Kier alpha value is -2.09. The van der Waals surface area contributed by atoms with Gasteiger partial charge in [-0.3, -0.25) is 4.79 Å². The van der Waals surface area contributed by atoms with Crippen LogP contribution in [0.3, 0.4) is 0 Å². The summed E-state index contributed by atoms with van der Waals surface area (Å²) in [7, 11) is -3.69. The zero-order chi connectivity index (χ0) is 20.9. The predicted molar refractivity (Wildman–Crippen MR) is 114 cm³/mol. The van der Waals surface area contributed by atoms with Crippen molar-refractivity contribution in [3.63, 3.8) is 0 Å². The van der Waals surface area contributed by atoms with Crippen molar-refractivity contribution in [2.75, 3.05) is 18.5 Å². The third-order valence-electron chi connectivity index (χ3n) is 4.88. The Morgan fingerprint density at radius 2 is 1.90 bits per heavy atom. The molecule has 2 aromatic rings. The van der Waals surface area contributed by atoms with Gasteiger partial charge in [0, 0.05) is 24.0 Å². The number of hydrogen-bond donors (Lipinski definition) is 1. The molecule has 0 saturated carbocycles. The van der Waals surface area contributed by atoms with E-state index in [1.54, 1.807) is 24.3 Å². The zero-order valence-corrected chi connectivity index (χ0v) is 17.9. The predicted octanol–water partition coefficient (Wildman–Crippen LogP) is 4.31. The number of anilines is 1. The summed E-state index contributed by atoms with van der Waals surface area (Å²) in [6, 6.07) is 12.9. The number of nitrogens with zero attached hydrogens (tertiary/aromatic N) is 1. The normalized spacial score (nSPS) is 17.7. The largest absolute Gasteiger partial charge is 0.492 e. The molecule has 0 unspecified atom stereocenters. The third kappa shape index (κ3) is 5.29. The molecule has 156 valence electrons. The van der Waals surface area contributed by atoms with E-state index in [0.717, 1.165) is 12.8 Å². The van der Waals surface area contributed by atoms with E-state index in [0.29, 0.717) is 36.0 Å². The highest BCUT2D eigenvalue weighted by Gasteiger charge is 2.34. The number of para-hydroxylation sites is 2. The Kier molecular flexibility index (Phi) is 7.16. The quantitative estimate of drug-likeness (QED) is 0.701. The summed E-state index contributed by atoms with van der Waals surface area (Å²) in [5.41, 5.74) is 0.585. The lowest BCUT2D eigenvalue weighted by Gasteiger charge is -2.34. The van der Waals surface area contributed by atoms with E-state index in [2.05, 4.69) is 5.32 Å². The van der Waals surface area contributed by atoms with Crippen LogP contribution in [-0.2, 0) is 14.8 Å². The lowest BCUT2D eigenvalue weighted by molar-refractivity contribution is -0.117. The maximum atomic E-state index is 13.1. The average molecular weight is 437 g/mol. The maximum absolute atomic E-state index is 13.1. The summed E-state index contributed by atoms with van der Waals surface area (Å²) >= 11 is 5.89. The molecular weight excluding hydrogens is 412 g/mol. The lowest BCUT2D eigenvalue weighted by atomic mass is 10.0. The second kappa shape index (κ2) is 9.61. The van der Waals surface area contributed by atoms with E-state index in [4.69, 9.17) is 16.3 Å². The van der Waals surface area contributed by atoms with Gasteiger partial charge in [0.25, 0.3) is 0 Å². The molecule has 1 heterocycles. The van der Waals surface area contributed by atoms with E-state index < -0.39 is 10.0 Å². The second-order valence-electron chi connectivity index (χ2n) is 6.90. The summed E-state index contributed by atoms with van der Waals surface area (Å²) in [5, 5.41) is 3.34. The molecule has 8 heteroatoms. The second-order valence-corrected chi connectivity index (χ2v) is 9.23. The van der Waals surface area contributed by atoms with Crippen molar-refractivity contribution in [3.8, 4) is 5.75 Å². The number of halogens is 1. The number of rotatable bonds is 7. The molecule has 29 heavy (non-hydrogen) atoms. The highest BCUT2D eigenvalue weighted by molar-refractivity contribution is 7.89. The Bertz CT molecular complexity index is 947. The minimum absolute atomic E-state index is 0.0906. The van der Waals surface area contributed by atoms with Crippen LogP contribution in [0.4, 0.5) is 5.69 Å². The molecule has 0 bridgehead atoms. The van der Waals surface area contributed by atoms with Gasteiger partial charge in [-0.15, -0.1) is 0 Å². The molecule has 0 radical (unpaired) electrons. The van der Waals surface area contributed by atoms with Gasteiger partial charge in [-0.25, -0.2) is 8.42 Å². The van der Waals surface area contributed by atoms with E-state index in [-0.39, 0.29) is 23.3 Å². The molecule has 1 aliphatic heterocycles. The first-order chi connectivity index (χ1) is 13.9. The van der Waals surface area contributed by atoms with Gasteiger partial charge in [0.1, 0.15) is 5.75 Å². The van der Waals surface area contributed by atoms with Crippen molar-refractivity contribution >= 4 is 33.2 Å². The third-order valence-corrected chi connectivity index (χ3v) is 7.09. The first kappa shape index (κ1) is 21.6. The molecule has 0 aliphatic carbocycles. The molecule has 3 rings (SSSR count). The standard InChI is InChI=1S/C21H25ClN2O4S/c1-2-28-20-9-4-3-8-19(20)23-21(25)15-17-7-5-6-14-24(17)29(26,27)18-12-10-16(22)11-13-18/h3-4,8-13,17H,2,5-7,14-15H2,1H3,(H,23,25)/t17-/m0/s1. The van der Waals surface area contributed by atoms with Crippen LogP contribution in [0.25, 0.3) is 0 Å². The van der Waals surface area contributed by atoms with Crippen molar-refractivity contribution < 1.29 is 17.9 Å². The van der Waals surface area contributed by atoms with E-state index in [1.807, 2.05) is 19.1 Å². The summed E-state index contributed by atoms with van der Waals surface area (Å²) in [4.78, 5) is 12.9. The topological polar surface area (TPSA) is 75.7 Å². The summed E-state index contributed by atoms with van der Waals surface area (Å²) in [5.74, 6) is 0.359. The molecule has 1 N–H and O–H groups in total. The molecule has 1 amide bonds. The first-order valence-corrected chi connectivity index (χ1v) is 11.5. The van der Waals surface area contributed by atoms with Gasteiger partial charge in [0.15, 0.2) is 0 Å². The van der Waals surface area contributed by atoms with Gasteiger partial charge in [0.05, 0.1) is 17.2 Å². The average Bonchev–Trinajstić information content (AvgIpc) is 2.70. The summed E-state index contributed by atoms with van der Waals surface area (Å²) < 4.78 is 33.2. The van der Waals surface area contributed by atoms with Crippen molar-refractivity contribution in [3.05, 3.63) is 53.6 Å². The minimum atomic E-state index is -3.69. The number of hydrogen-bond acceptors (Lipinski definition) is 4. The van der Waals surface area contributed by atoms with E-state index >= 15 is 0 Å². The van der Waals surface area contributed by atoms with Crippen molar-refractivity contribution in [2.45, 2.75) is 43.5 Å². The molecule has 6 nitrogen and oxygen atoms in total. The van der Waals surface area contributed by atoms with Gasteiger partial charge in [0.2, 0.25) is 15.9 Å². The van der Waals surface area contributed by atoms with E-state index in [1.165, 1.54) is 16.4 Å². The first-order valence-electron chi connectivity index (χ1n) is 9.71. The highest BCUT2D eigenvalue weighted by Crippen LogP contribution is 2.29. The van der Waals surface area contributed by atoms with Gasteiger partial charge >= 0.3 is 0 Å². The smallest absolute Gasteiger partial charge is 0.243 e. The van der Waals surface area contributed by atoms with Crippen molar-refractivity contribution in [1.29, 1.82) is 0 Å². The Labute approximate surface area is 176 Å². The zero-order valence-electron chi connectivity index (χ0n) is 16.3. The van der Waals surface area contributed by atoms with Crippen LogP contribution < -0.4 is 10.1 Å². The fourth-order valence-electron chi connectivity index (χ4n) is 3.50. The fourth-order valence-corrected chi connectivity index (χ4v) is 5.32. The number of nitrogens with one attached hydrogen (secondary N) is 1. The van der Waals surface area contributed by atoms with E-state index in [9.17, 15) is 13.2 Å². The summed E-state index contributed by atoms with van der Waals surface area (Å²) in [6.07, 6.45) is 2.40. The molecule has 0 spiro atoms. The molecule has 1 aliphatic rings. The monoisotopic (exact) mass is 436 g/mol. The number of carbonyl (C=O) groups excluding carboxylic acids is 1. The van der Waals surface area contributed by atoms with Crippen LogP contribution in [0.2, 0.25) is 5.02 Å². The molecule has 1 saturated heterocycles. The fraction of sp³-hybridized carbons (Fsp3) is 0.381. The number of amides is 1. The maximum Gasteiger partial charge on any atom is 0.243 e. The molecule has 0 aromatic heterocycles. The van der Waals surface area contributed by atoms with Crippen LogP contribution >= 0.6 is 11.6 Å². The number of piperidine rings is 1. The van der Waals surface area contributed by atoms with Gasteiger partial charge < -0.3 is 10.1 Å². The van der Waals surface area contributed by atoms with Crippen LogP contribution in [-0.4, -0.2) is 37.8 Å². The molecule has 1 fully saturated rings. The Morgan fingerprint density at radius 3 is 2.62 bits per heavy atom. The number of carbonyl (C=O) groups is 1. The SMILES string of the molecule is CCOc1ccccc1NC(=O)C[C@@H]1CCCCN1S(=O)(=O)c1ccc(Cl)cc1. The van der Waals surface area contributed by atoms with Gasteiger partial charge in [-0.2, -0.15) is 4.31 Å². The van der Waals surface area contributed by atoms with Crippen molar-refractivity contribution in [2.24, 2.45) is 0 Å². The molecular formula is C21H25ClN2O4S. The number of benzene rings is 2. The lowest BCUT2D eigenvalue weighted by Crippen LogP contribution is -2.45. The van der Waals surface area contributed by atoms with Crippen LogP contribution in [0, 0.1) is 0 Å². The van der Waals surface area contributed by atoms with Crippen LogP contribution in [0.15, 0.2) is 53.4 Å². The highest BCUT2D eigenvalue weighted by atomic mass is 35.5. The number of sulfonamides is 1. The van der Waals surface area contributed by atoms with Gasteiger partial charge in [-0.1, -0.05) is 30.2 Å². The van der Waals surface area contributed by atoms with Crippen LogP contribution in [0.5, 0.6) is 5.75 Å². The Balaban J connectivity index is 1.75. The number of ether oxygens (including phenoxy) is 1. The van der Waals surface area contributed by atoms with Crippen LogP contribution in [0.1, 0.15) is 32.6 Å². The van der Waals surface area contributed by atoms with Gasteiger partial charge in [-0.05, 0) is 56.2 Å². The molecule has 1 atom stereocenters. The molecule has 2 aromatic carbocycles. The van der Waals surface area contributed by atoms with Crippen molar-refractivity contribution in [1.82, 2.24) is 4.31 Å². The minimum Gasteiger partial charge on any atom is -0.492 e.